The van der Waals surface area contributed by atoms with Crippen molar-refractivity contribution in [1.82, 2.24) is 10.2 Å². The first-order valence-corrected chi connectivity index (χ1v) is 7.33. The summed E-state index contributed by atoms with van der Waals surface area (Å²) in [5, 5.41) is 3.29. The lowest BCUT2D eigenvalue weighted by atomic mass is 10.1. The number of nitrogens with one attached hydrogen (secondary N) is 1. The standard InChI is InChI=1S/C16H26N2O/c1-13(2)19-16-8-6-14(7-9-16)12-18-10-4-5-15(18)11-17-3/h6-9,13,15,17H,4-5,10-12H2,1-3H3. The van der Waals surface area contributed by atoms with Crippen LogP contribution in [-0.4, -0.2) is 37.2 Å². The van der Waals surface area contributed by atoms with Crippen LogP contribution in [0.4, 0.5) is 0 Å². The number of likely N-dealkylation sites (N-methyl/N-ethyl adjacent to an activating group) is 1. The highest BCUT2D eigenvalue weighted by atomic mass is 16.5. The van der Waals surface area contributed by atoms with Gasteiger partial charge in [-0.2, -0.15) is 0 Å². The van der Waals surface area contributed by atoms with Gasteiger partial charge in [0, 0.05) is 19.1 Å². The van der Waals surface area contributed by atoms with Gasteiger partial charge in [0.2, 0.25) is 0 Å². The summed E-state index contributed by atoms with van der Waals surface area (Å²) < 4.78 is 5.68. The lowest BCUT2D eigenvalue weighted by Crippen LogP contribution is -2.36. The number of likely N-dealkylation sites (tertiary alicyclic amines) is 1. The first kappa shape index (κ1) is 14.4. The first-order chi connectivity index (χ1) is 9.19. The number of hydrogen-bond donors (Lipinski definition) is 1. The topological polar surface area (TPSA) is 24.5 Å². The molecule has 3 heteroatoms. The van der Waals surface area contributed by atoms with Crippen molar-refractivity contribution in [2.45, 2.75) is 45.4 Å². The van der Waals surface area contributed by atoms with Gasteiger partial charge in [0.05, 0.1) is 6.10 Å². The van der Waals surface area contributed by atoms with Crippen molar-refractivity contribution in [3.05, 3.63) is 29.8 Å². The normalized spacial score (nSPS) is 20.1. The second kappa shape index (κ2) is 6.92. The van der Waals surface area contributed by atoms with Crippen molar-refractivity contribution in [3.63, 3.8) is 0 Å². The number of benzene rings is 1. The van der Waals surface area contributed by atoms with Crippen molar-refractivity contribution in [2.75, 3.05) is 20.1 Å². The zero-order valence-corrected chi connectivity index (χ0v) is 12.4. The number of rotatable bonds is 6. The van der Waals surface area contributed by atoms with Crippen molar-refractivity contribution >= 4 is 0 Å². The van der Waals surface area contributed by atoms with Crippen molar-refractivity contribution in [2.24, 2.45) is 0 Å². The van der Waals surface area contributed by atoms with Gasteiger partial charge in [0.1, 0.15) is 5.75 Å². The maximum absolute atomic E-state index is 5.68. The third-order valence-corrected chi connectivity index (χ3v) is 3.62. The van der Waals surface area contributed by atoms with Crippen LogP contribution in [0.25, 0.3) is 0 Å². The van der Waals surface area contributed by atoms with E-state index in [9.17, 15) is 0 Å². The largest absolute Gasteiger partial charge is 0.491 e. The Morgan fingerprint density at radius 1 is 1.32 bits per heavy atom. The van der Waals surface area contributed by atoms with Crippen LogP contribution in [0.15, 0.2) is 24.3 Å². The monoisotopic (exact) mass is 262 g/mol. The van der Waals surface area contributed by atoms with Crippen molar-refractivity contribution in [1.29, 1.82) is 0 Å². The lowest BCUT2D eigenvalue weighted by molar-refractivity contribution is 0.238. The van der Waals surface area contributed by atoms with E-state index in [0.29, 0.717) is 6.04 Å². The maximum atomic E-state index is 5.68. The van der Waals surface area contributed by atoms with E-state index in [-0.39, 0.29) is 6.10 Å². The van der Waals surface area contributed by atoms with E-state index in [1.54, 1.807) is 0 Å². The van der Waals surface area contributed by atoms with Gasteiger partial charge in [0.25, 0.3) is 0 Å². The molecule has 0 spiro atoms. The SMILES string of the molecule is CNCC1CCCN1Cc1ccc(OC(C)C)cc1. The smallest absolute Gasteiger partial charge is 0.119 e. The molecule has 1 fully saturated rings. The van der Waals surface area contributed by atoms with Crippen LogP contribution in [0.1, 0.15) is 32.3 Å². The summed E-state index contributed by atoms with van der Waals surface area (Å²) in [6, 6.07) is 9.23. The Bertz CT molecular complexity index is 375. The van der Waals surface area contributed by atoms with Crippen LogP contribution >= 0.6 is 0 Å². The highest BCUT2D eigenvalue weighted by Crippen LogP contribution is 2.21. The van der Waals surface area contributed by atoms with Crippen LogP contribution in [0.3, 0.4) is 0 Å². The molecule has 1 saturated heterocycles. The third-order valence-electron chi connectivity index (χ3n) is 3.62. The molecule has 1 aromatic rings. The van der Waals surface area contributed by atoms with E-state index in [2.05, 4.69) is 48.3 Å². The van der Waals surface area contributed by atoms with E-state index in [1.807, 2.05) is 7.05 Å². The molecule has 2 rings (SSSR count). The van der Waals surface area contributed by atoms with E-state index in [1.165, 1.54) is 24.9 Å². The predicted molar refractivity (Wildman–Crippen MR) is 79.6 cm³/mol. The van der Waals surface area contributed by atoms with E-state index < -0.39 is 0 Å². The van der Waals surface area contributed by atoms with E-state index in [0.717, 1.165) is 18.8 Å². The minimum Gasteiger partial charge on any atom is -0.491 e. The Hall–Kier alpha value is -1.06. The average molecular weight is 262 g/mol. The van der Waals surface area contributed by atoms with Gasteiger partial charge in [-0.05, 0) is 58.0 Å². The maximum Gasteiger partial charge on any atom is 0.119 e. The zero-order chi connectivity index (χ0) is 13.7. The molecule has 0 radical (unpaired) electrons. The molecule has 1 aliphatic heterocycles. The molecule has 1 aliphatic rings. The second-order valence-corrected chi connectivity index (χ2v) is 5.63. The molecule has 19 heavy (non-hydrogen) atoms. The molecule has 1 N–H and O–H groups in total. The summed E-state index contributed by atoms with van der Waals surface area (Å²) in [5.41, 5.74) is 1.37. The fraction of sp³-hybridized carbons (Fsp3) is 0.625. The second-order valence-electron chi connectivity index (χ2n) is 5.63. The Kier molecular flexibility index (Phi) is 5.23. The van der Waals surface area contributed by atoms with Gasteiger partial charge in [-0.25, -0.2) is 0 Å². The molecule has 3 nitrogen and oxygen atoms in total. The summed E-state index contributed by atoms with van der Waals surface area (Å²) in [6.07, 6.45) is 2.88. The Balaban J connectivity index is 1.91. The van der Waals surface area contributed by atoms with Gasteiger partial charge in [0.15, 0.2) is 0 Å². The van der Waals surface area contributed by atoms with Gasteiger partial charge in [-0.1, -0.05) is 12.1 Å². The van der Waals surface area contributed by atoms with Gasteiger partial charge in [-0.3, -0.25) is 4.90 Å². The first-order valence-electron chi connectivity index (χ1n) is 7.33. The molecule has 1 aromatic carbocycles. The Morgan fingerprint density at radius 2 is 2.05 bits per heavy atom. The molecule has 0 aromatic heterocycles. The highest BCUT2D eigenvalue weighted by Gasteiger charge is 2.23. The Labute approximate surface area is 116 Å². The summed E-state index contributed by atoms with van der Waals surface area (Å²) in [7, 11) is 2.04. The lowest BCUT2D eigenvalue weighted by Gasteiger charge is -2.24. The quantitative estimate of drug-likeness (QED) is 0.853. The molecule has 106 valence electrons. The van der Waals surface area contributed by atoms with Crippen LogP contribution in [-0.2, 0) is 6.54 Å². The molecule has 1 heterocycles. The number of ether oxygens (including phenoxy) is 1. The van der Waals surface area contributed by atoms with E-state index >= 15 is 0 Å². The molecular formula is C16H26N2O. The van der Waals surface area contributed by atoms with E-state index in [4.69, 9.17) is 4.74 Å². The fourth-order valence-corrected chi connectivity index (χ4v) is 2.75. The van der Waals surface area contributed by atoms with Crippen LogP contribution in [0.2, 0.25) is 0 Å². The molecule has 0 amide bonds. The molecule has 1 atom stereocenters. The summed E-state index contributed by atoms with van der Waals surface area (Å²) >= 11 is 0. The van der Waals surface area contributed by atoms with Crippen LogP contribution in [0, 0.1) is 0 Å². The molecule has 0 aliphatic carbocycles. The van der Waals surface area contributed by atoms with Crippen LogP contribution in [0.5, 0.6) is 5.75 Å². The summed E-state index contributed by atoms with van der Waals surface area (Å²) in [5.74, 6) is 0.965. The Morgan fingerprint density at radius 3 is 2.68 bits per heavy atom. The predicted octanol–water partition coefficient (Wildman–Crippen LogP) is 2.66. The van der Waals surface area contributed by atoms with Gasteiger partial charge >= 0.3 is 0 Å². The molecule has 0 bridgehead atoms. The molecule has 1 unspecified atom stereocenters. The van der Waals surface area contributed by atoms with Gasteiger partial charge < -0.3 is 10.1 Å². The third kappa shape index (κ3) is 4.22. The van der Waals surface area contributed by atoms with Crippen LogP contribution < -0.4 is 10.1 Å². The minimum atomic E-state index is 0.240. The van der Waals surface area contributed by atoms with Crippen molar-refractivity contribution in [3.8, 4) is 5.75 Å². The van der Waals surface area contributed by atoms with Gasteiger partial charge in [-0.15, -0.1) is 0 Å². The zero-order valence-electron chi connectivity index (χ0n) is 12.4. The molecule has 0 saturated carbocycles. The average Bonchev–Trinajstić information content (AvgIpc) is 2.79. The van der Waals surface area contributed by atoms with Crippen molar-refractivity contribution < 1.29 is 4.74 Å². The summed E-state index contributed by atoms with van der Waals surface area (Å²) in [4.78, 5) is 2.58. The summed E-state index contributed by atoms with van der Waals surface area (Å²) in [6.45, 7) is 7.47. The highest BCUT2D eigenvalue weighted by molar-refractivity contribution is 5.27. The number of nitrogens with zero attached hydrogens (tertiary/aromatic N) is 1. The fourth-order valence-electron chi connectivity index (χ4n) is 2.75. The minimum absolute atomic E-state index is 0.240. The molecular weight excluding hydrogens is 236 g/mol. The number of hydrogen-bond acceptors (Lipinski definition) is 3.